The summed E-state index contributed by atoms with van der Waals surface area (Å²) in [6.07, 6.45) is -5.90. The quantitative estimate of drug-likeness (QED) is 0.692. The molecule has 1 aromatic heterocycles. The number of nitrogens with two attached hydrogens (primary N) is 1. The molecule has 1 aromatic carbocycles. The van der Waals surface area contributed by atoms with Crippen molar-refractivity contribution in [1.82, 2.24) is 10.3 Å². The number of benzene rings is 1. The van der Waals surface area contributed by atoms with Crippen LogP contribution in [0.5, 0.6) is 5.75 Å². The number of ether oxygens (including phenoxy) is 2. The molecule has 0 unspecified atom stereocenters. The molecule has 3 N–H and O–H groups in total. The first-order chi connectivity index (χ1) is 15.1. The number of rotatable bonds is 4. The van der Waals surface area contributed by atoms with Gasteiger partial charge in [-0.25, -0.2) is 19.4 Å². The number of pyridine rings is 1. The molecule has 0 fully saturated rings. The van der Waals surface area contributed by atoms with Gasteiger partial charge in [0.05, 0.1) is 24.0 Å². The summed E-state index contributed by atoms with van der Waals surface area (Å²) >= 11 is 0. The number of nitrogens with zero attached hydrogens (tertiary/aromatic N) is 3. The summed E-state index contributed by atoms with van der Waals surface area (Å²) in [4.78, 5) is 12.8. The van der Waals surface area contributed by atoms with E-state index in [1.807, 2.05) is 6.92 Å². The van der Waals surface area contributed by atoms with E-state index in [0.717, 1.165) is 0 Å². The molecule has 7 nitrogen and oxygen atoms in total. The Kier molecular flexibility index (Phi) is 5.43. The zero-order valence-corrected chi connectivity index (χ0v) is 17.3. The van der Waals surface area contributed by atoms with E-state index in [4.69, 9.17) is 10.5 Å². The van der Waals surface area contributed by atoms with E-state index in [0.29, 0.717) is 35.1 Å². The van der Waals surface area contributed by atoms with Crippen molar-refractivity contribution in [3.05, 3.63) is 53.1 Å². The van der Waals surface area contributed by atoms with Crippen LogP contribution in [-0.4, -0.2) is 35.7 Å². The minimum Gasteiger partial charge on any atom is -0.492 e. The van der Waals surface area contributed by atoms with E-state index in [1.54, 1.807) is 18.3 Å². The lowest BCUT2D eigenvalue weighted by atomic mass is 9.84. The molecule has 2 aliphatic heterocycles. The molecular formula is C21H21F4N5O2. The summed E-state index contributed by atoms with van der Waals surface area (Å²) in [5.74, 6) is 0.371. The maximum atomic E-state index is 15.0. The largest absolute Gasteiger partial charge is 0.492 e. The van der Waals surface area contributed by atoms with Crippen molar-refractivity contribution >= 4 is 17.5 Å². The van der Waals surface area contributed by atoms with E-state index in [2.05, 4.69) is 25.0 Å². The van der Waals surface area contributed by atoms with Crippen LogP contribution in [0.25, 0.3) is 0 Å². The van der Waals surface area contributed by atoms with Crippen molar-refractivity contribution in [2.45, 2.75) is 44.6 Å². The number of aromatic nitrogens is 1. The number of alkyl halides is 3. The van der Waals surface area contributed by atoms with Gasteiger partial charge in [0.2, 0.25) is 0 Å². The monoisotopic (exact) mass is 451 g/mol. The number of hydrogen-bond acceptors (Lipinski definition) is 7. The molecule has 0 saturated heterocycles. The van der Waals surface area contributed by atoms with Crippen molar-refractivity contribution in [1.29, 1.82) is 0 Å². The summed E-state index contributed by atoms with van der Waals surface area (Å²) in [5.41, 5.74) is 5.41. The Morgan fingerprint density at radius 3 is 2.75 bits per heavy atom. The highest BCUT2D eigenvalue weighted by molar-refractivity contribution is 5.99. The number of halogens is 4. The third kappa shape index (κ3) is 4.19. The fraction of sp³-hybridized carbons (Fsp3) is 0.381. The molecule has 0 radical (unpaired) electrons. The van der Waals surface area contributed by atoms with E-state index >= 15 is 0 Å². The molecule has 2 aliphatic rings. The minimum atomic E-state index is -4.67. The van der Waals surface area contributed by atoms with Gasteiger partial charge < -0.3 is 20.5 Å². The van der Waals surface area contributed by atoms with Crippen LogP contribution < -0.4 is 15.8 Å². The van der Waals surface area contributed by atoms with Crippen LogP contribution in [0.15, 0.2) is 40.4 Å². The first-order valence-corrected chi connectivity index (χ1v) is 9.92. The maximum Gasteiger partial charge on any atom is 0.425 e. The average molecular weight is 451 g/mol. The minimum absolute atomic E-state index is 0.0404. The van der Waals surface area contributed by atoms with Gasteiger partial charge in [-0.05, 0) is 43.7 Å². The van der Waals surface area contributed by atoms with Gasteiger partial charge in [0.25, 0.3) is 6.02 Å². The standard InChI is InChI=1S/C21H21F4N5O2/c1-3-31-12-4-5-15(27-10-12)18-28-9-11-6-14(22)13(7-16(11)29-18)20(2)8-17(21(23,24)25)32-19(26)30-20/h4-7,10,17H,3,8-9H2,1-2H3,(H2,26,30)(H,28,29)/t17-,20-/m0/s1. The third-order valence-electron chi connectivity index (χ3n) is 5.28. The number of aliphatic imine (C=N–C) groups is 2. The molecule has 4 rings (SSSR count). The molecular weight excluding hydrogens is 430 g/mol. The van der Waals surface area contributed by atoms with Crippen LogP contribution in [0.4, 0.5) is 23.2 Å². The van der Waals surface area contributed by atoms with Crippen LogP contribution in [-0.2, 0) is 16.8 Å². The normalized spacial score (nSPS) is 22.8. The molecule has 0 saturated carbocycles. The highest BCUT2D eigenvalue weighted by Crippen LogP contribution is 2.42. The summed E-state index contributed by atoms with van der Waals surface area (Å²) in [6.45, 7) is 4.04. The summed E-state index contributed by atoms with van der Waals surface area (Å²) in [7, 11) is 0. The van der Waals surface area contributed by atoms with E-state index in [9.17, 15) is 17.6 Å². The number of hydrogen-bond donors (Lipinski definition) is 2. The Balaban J connectivity index is 1.71. The molecule has 2 aromatic rings. The molecule has 0 spiro atoms. The molecule has 0 amide bonds. The van der Waals surface area contributed by atoms with Gasteiger partial charge in [-0.15, -0.1) is 0 Å². The van der Waals surface area contributed by atoms with Gasteiger partial charge in [0, 0.05) is 18.5 Å². The Morgan fingerprint density at radius 1 is 1.31 bits per heavy atom. The fourth-order valence-electron chi connectivity index (χ4n) is 3.74. The average Bonchev–Trinajstić information content (AvgIpc) is 2.72. The zero-order valence-electron chi connectivity index (χ0n) is 17.3. The van der Waals surface area contributed by atoms with Gasteiger partial charge in [-0.2, -0.15) is 13.2 Å². The lowest BCUT2D eigenvalue weighted by molar-refractivity contribution is -0.208. The molecule has 11 heteroatoms. The van der Waals surface area contributed by atoms with Gasteiger partial charge in [0.1, 0.15) is 17.3 Å². The highest BCUT2D eigenvalue weighted by Gasteiger charge is 2.50. The molecule has 32 heavy (non-hydrogen) atoms. The summed E-state index contributed by atoms with van der Waals surface area (Å²) in [5, 5.41) is 3.08. The van der Waals surface area contributed by atoms with Crippen LogP contribution in [0, 0.1) is 5.82 Å². The van der Waals surface area contributed by atoms with Gasteiger partial charge in [0.15, 0.2) is 11.9 Å². The van der Waals surface area contributed by atoms with Crippen LogP contribution in [0.3, 0.4) is 0 Å². The van der Waals surface area contributed by atoms with E-state index < -0.39 is 36.1 Å². The fourth-order valence-corrected chi connectivity index (χ4v) is 3.74. The van der Waals surface area contributed by atoms with Crippen molar-refractivity contribution in [2.24, 2.45) is 15.7 Å². The van der Waals surface area contributed by atoms with Crippen molar-refractivity contribution in [3.8, 4) is 5.75 Å². The topological polar surface area (TPSA) is 94.1 Å². The first kappa shape index (κ1) is 21.8. The van der Waals surface area contributed by atoms with Crippen molar-refractivity contribution < 1.29 is 27.0 Å². The lowest BCUT2D eigenvalue weighted by Gasteiger charge is -2.36. The van der Waals surface area contributed by atoms with Crippen LogP contribution >= 0.6 is 0 Å². The van der Waals surface area contributed by atoms with Gasteiger partial charge in [-0.1, -0.05) is 0 Å². The second-order valence-electron chi connectivity index (χ2n) is 7.66. The molecule has 3 heterocycles. The second kappa shape index (κ2) is 7.95. The number of nitrogens with one attached hydrogen (secondary N) is 1. The summed E-state index contributed by atoms with van der Waals surface area (Å²) in [6, 6.07) is 5.50. The van der Waals surface area contributed by atoms with Gasteiger partial charge in [-0.3, -0.25) is 0 Å². The first-order valence-electron chi connectivity index (χ1n) is 9.92. The Hall–Kier alpha value is -3.37. The third-order valence-corrected chi connectivity index (χ3v) is 5.28. The van der Waals surface area contributed by atoms with E-state index in [-0.39, 0.29) is 12.1 Å². The predicted octanol–water partition coefficient (Wildman–Crippen LogP) is 3.68. The SMILES string of the molecule is CCOc1ccc(C2=Nc3cc([C@]4(C)C[C@@H](C(F)(F)F)OC(N)=N4)c(F)cc3CN2)nc1. The van der Waals surface area contributed by atoms with Crippen LogP contribution in [0.1, 0.15) is 37.1 Å². The number of amidine groups is 2. The predicted molar refractivity (Wildman–Crippen MR) is 109 cm³/mol. The van der Waals surface area contributed by atoms with E-state index in [1.165, 1.54) is 19.1 Å². The van der Waals surface area contributed by atoms with Crippen LogP contribution in [0.2, 0.25) is 0 Å². The molecule has 0 aliphatic carbocycles. The molecule has 0 bridgehead atoms. The number of fused-ring (bicyclic) bond motifs is 1. The second-order valence-corrected chi connectivity index (χ2v) is 7.66. The lowest BCUT2D eigenvalue weighted by Crippen LogP contribution is -2.46. The van der Waals surface area contributed by atoms with Crippen molar-refractivity contribution in [3.63, 3.8) is 0 Å². The Morgan fingerprint density at radius 2 is 2.09 bits per heavy atom. The molecule has 170 valence electrons. The Labute approximate surface area is 181 Å². The molecule has 2 atom stereocenters. The zero-order chi connectivity index (χ0) is 23.1. The highest BCUT2D eigenvalue weighted by atomic mass is 19.4. The van der Waals surface area contributed by atoms with Gasteiger partial charge >= 0.3 is 6.18 Å². The Bertz CT molecular complexity index is 1080. The smallest absolute Gasteiger partial charge is 0.425 e. The maximum absolute atomic E-state index is 15.0. The van der Waals surface area contributed by atoms with Crippen molar-refractivity contribution in [2.75, 3.05) is 6.61 Å². The summed E-state index contributed by atoms with van der Waals surface area (Å²) < 4.78 is 64.8.